The Hall–Kier alpha value is -1.24. The average molecular weight is 258 g/mol. The fourth-order valence-corrected chi connectivity index (χ4v) is 2.04. The van der Waals surface area contributed by atoms with Crippen molar-refractivity contribution in [3.05, 3.63) is 0 Å². The topological polar surface area (TPSA) is 71.2 Å². The number of nitrogens with zero attached hydrogens (tertiary/aromatic N) is 4. The van der Waals surface area contributed by atoms with E-state index in [2.05, 4.69) is 17.1 Å². The van der Waals surface area contributed by atoms with E-state index in [1.54, 1.807) is 0 Å². The van der Waals surface area contributed by atoms with Gasteiger partial charge in [0.2, 0.25) is 5.95 Å². The first-order chi connectivity index (χ1) is 8.10. The van der Waals surface area contributed by atoms with E-state index >= 15 is 0 Å². The van der Waals surface area contributed by atoms with Crippen LogP contribution in [0.4, 0.5) is 5.95 Å². The third kappa shape index (κ3) is 3.62. The zero-order chi connectivity index (χ0) is 12.8. The zero-order valence-corrected chi connectivity index (χ0v) is 11.2. The minimum absolute atomic E-state index is 0.0116. The zero-order valence-electron chi connectivity index (χ0n) is 10.4. The van der Waals surface area contributed by atoms with E-state index in [0.29, 0.717) is 5.16 Å². The van der Waals surface area contributed by atoms with Crippen LogP contribution in [-0.4, -0.2) is 45.2 Å². The summed E-state index contributed by atoms with van der Waals surface area (Å²) in [4.78, 5) is 12.5. The summed E-state index contributed by atoms with van der Waals surface area (Å²) >= 11 is 1.21. The molecule has 1 heterocycles. The van der Waals surface area contributed by atoms with Crippen molar-refractivity contribution >= 4 is 23.7 Å². The van der Waals surface area contributed by atoms with Gasteiger partial charge in [-0.3, -0.25) is 9.36 Å². The summed E-state index contributed by atoms with van der Waals surface area (Å²) in [5.41, 5.74) is 0. The molecule has 96 valence electrons. The van der Waals surface area contributed by atoms with Gasteiger partial charge >= 0.3 is 5.97 Å². The van der Waals surface area contributed by atoms with E-state index in [-0.39, 0.29) is 5.75 Å². The van der Waals surface area contributed by atoms with E-state index < -0.39 is 5.97 Å². The highest BCUT2D eigenvalue weighted by atomic mass is 32.2. The largest absolute Gasteiger partial charge is 0.481 e. The molecule has 0 saturated carbocycles. The van der Waals surface area contributed by atoms with Crippen molar-refractivity contribution in [3.8, 4) is 0 Å². The lowest BCUT2D eigenvalue weighted by molar-refractivity contribution is -0.133. The second-order valence-corrected chi connectivity index (χ2v) is 4.57. The third-order valence-electron chi connectivity index (χ3n) is 2.29. The molecule has 1 aromatic rings. The second kappa shape index (κ2) is 6.48. The SMILES string of the molecule is CCCn1c(SCC(=O)O)nnc1N(C)CC. The van der Waals surface area contributed by atoms with Crippen LogP contribution < -0.4 is 4.90 Å². The molecule has 6 nitrogen and oxygen atoms in total. The standard InChI is InChI=1S/C10H18N4O2S/c1-4-6-14-9(13(3)5-2)11-12-10(14)17-7-8(15)16/h4-7H2,1-3H3,(H,15,16). The van der Waals surface area contributed by atoms with Crippen LogP contribution in [0.1, 0.15) is 20.3 Å². The summed E-state index contributed by atoms with van der Waals surface area (Å²) in [5.74, 6) is -0.0359. The number of aromatic nitrogens is 3. The maximum Gasteiger partial charge on any atom is 0.313 e. The number of carboxylic acid groups (broad SMARTS) is 1. The molecule has 0 bridgehead atoms. The number of rotatable bonds is 7. The van der Waals surface area contributed by atoms with E-state index in [4.69, 9.17) is 5.11 Å². The van der Waals surface area contributed by atoms with Gasteiger partial charge in [0.05, 0.1) is 5.75 Å². The van der Waals surface area contributed by atoms with Crippen LogP contribution in [0, 0.1) is 0 Å². The van der Waals surface area contributed by atoms with Gasteiger partial charge in [-0.05, 0) is 13.3 Å². The highest BCUT2D eigenvalue weighted by Gasteiger charge is 2.15. The molecular weight excluding hydrogens is 240 g/mol. The molecule has 1 N–H and O–H groups in total. The number of hydrogen-bond donors (Lipinski definition) is 1. The number of carboxylic acids is 1. The van der Waals surface area contributed by atoms with Crippen LogP contribution in [0.5, 0.6) is 0 Å². The van der Waals surface area contributed by atoms with Gasteiger partial charge in [0, 0.05) is 20.1 Å². The summed E-state index contributed by atoms with van der Waals surface area (Å²) in [6.45, 7) is 5.75. The van der Waals surface area contributed by atoms with Crippen LogP contribution >= 0.6 is 11.8 Å². The number of anilines is 1. The minimum Gasteiger partial charge on any atom is -0.481 e. The van der Waals surface area contributed by atoms with Gasteiger partial charge in [-0.2, -0.15) is 0 Å². The molecule has 0 saturated heterocycles. The molecule has 17 heavy (non-hydrogen) atoms. The lowest BCUT2D eigenvalue weighted by atomic mass is 10.5. The molecule has 0 aromatic carbocycles. The van der Waals surface area contributed by atoms with Gasteiger partial charge < -0.3 is 10.0 Å². The number of aliphatic carboxylic acids is 1. The molecule has 7 heteroatoms. The Labute approximate surface area is 105 Å². The highest BCUT2D eigenvalue weighted by molar-refractivity contribution is 7.99. The van der Waals surface area contributed by atoms with E-state index in [1.165, 1.54) is 11.8 Å². The Morgan fingerprint density at radius 2 is 2.18 bits per heavy atom. The van der Waals surface area contributed by atoms with Crippen LogP contribution in [0.3, 0.4) is 0 Å². The van der Waals surface area contributed by atoms with Crippen molar-refractivity contribution in [2.24, 2.45) is 0 Å². The fraction of sp³-hybridized carbons (Fsp3) is 0.700. The Morgan fingerprint density at radius 1 is 1.47 bits per heavy atom. The van der Waals surface area contributed by atoms with Gasteiger partial charge in [0.15, 0.2) is 5.16 Å². The predicted molar refractivity (Wildman–Crippen MR) is 67.6 cm³/mol. The summed E-state index contributed by atoms with van der Waals surface area (Å²) < 4.78 is 1.97. The summed E-state index contributed by atoms with van der Waals surface area (Å²) in [5, 5.41) is 17.5. The Morgan fingerprint density at radius 3 is 2.71 bits per heavy atom. The number of hydrogen-bond acceptors (Lipinski definition) is 5. The maximum absolute atomic E-state index is 10.5. The van der Waals surface area contributed by atoms with Crippen LogP contribution in [0.25, 0.3) is 0 Å². The van der Waals surface area contributed by atoms with Crippen molar-refractivity contribution < 1.29 is 9.90 Å². The summed E-state index contributed by atoms with van der Waals surface area (Å²) in [7, 11) is 1.95. The minimum atomic E-state index is -0.841. The average Bonchev–Trinajstić information content (AvgIpc) is 2.69. The fourth-order valence-electron chi connectivity index (χ4n) is 1.36. The van der Waals surface area contributed by atoms with Crippen molar-refractivity contribution in [2.75, 3.05) is 24.2 Å². The first kappa shape index (κ1) is 13.8. The van der Waals surface area contributed by atoms with E-state index in [9.17, 15) is 4.79 Å². The normalized spacial score (nSPS) is 10.5. The van der Waals surface area contributed by atoms with Crippen molar-refractivity contribution in [1.82, 2.24) is 14.8 Å². The first-order valence-electron chi connectivity index (χ1n) is 5.59. The van der Waals surface area contributed by atoms with Gasteiger partial charge in [0.25, 0.3) is 0 Å². The summed E-state index contributed by atoms with van der Waals surface area (Å²) in [6, 6.07) is 0. The molecule has 0 radical (unpaired) electrons. The maximum atomic E-state index is 10.5. The number of thioether (sulfide) groups is 1. The van der Waals surface area contributed by atoms with E-state index in [0.717, 1.165) is 25.5 Å². The Balaban J connectivity index is 2.89. The Bertz CT molecular complexity index is 380. The van der Waals surface area contributed by atoms with Gasteiger partial charge in [-0.1, -0.05) is 18.7 Å². The molecular formula is C10H18N4O2S. The van der Waals surface area contributed by atoms with Crippen LogP contribution in [-0.2, 0) is 11.3 Å². The summed E-state index contributed by atoms with van der Waals surface area (Å²) in [6.07, 6.45) is 0.962. The molecule has 0 aliphatic carbocycles. The van der Waals surface area contributed by atoms with Crippen molar-refractivity contribution in [3.63, 3.8) is 0 Å². The first-order valence-corrected chi connectivity index (χ1v) is 6.57. The highest BCUT2D eigenvalue weighted by Crippen LogP contribution is 2.21. The quantitative estimate of drug-likeness (QED) is 0.744. The second-order valence-electron chi connectivity index (χ2n) is 3.63. The van der Waals surface area contributed by atoms with Crippen LogP contribution in [0.2, 0.25) is 0 Å². The smallest absolute Gasteiger partial charge is 0.313 e. The van der Waals surface area contributed by atoms with Crippen molar-refractivity contribution in [1.29, 1.82) is 0 Å². The molecule has 1 aromatic heterocycles. The number of carbonyl (C=O) groups is 1. The Kier molecular flexibility index (Phi) is 5.27. The van der Waals surface area contributed by atoms with Crippen molar-refractivity contribution in [2.45, 2.75) is 32.0 Å². The molecule has 0 fully saturated rings. The predicted octanol–water partition coefficient (Wildman–Crippen LogP) is 1.32. The van der Waals surface area contributed by atoms with Gasteiger partial charge in [0.1, 0.15) is 0 Å². The molecule has 0 aliphatic heterocycles. The molecule has 0 aliphatic rings. The monoisotopic (exact) mass is 258 g/mol. The molecule has 0 spiro atoms. The van der Waals surface area contributed by atoms with Gasteiger partial charge in [-0.25, -0.2) is 0 Å². The molecule has 0 amide bonds. The molecule has 0 unspecified atom stereocenters. The lowest BCUT2D eigenvalue weighted by Gasteiger charge is -2.17. The lowest BCUT2D eigenvalue weighted by Crippen LogP contribution is -2.21. The molecule has 1 rings (SSSR count). The molecule has 0 atom stereocenters. The van der Waals surface area contributed by atoms with Crippen LogP contribution in [0.15, 0.2) is 5.16 Å². The van der Waals surface area contributed by atoms with E-state index in [1.807, 2.05) is 23.4 Å². The third-order valence-corrected chi connectivity index (χ3v) is 3.24. The van der Waals surface area contributed by atoms with Gasteiger partial charge in [-0.15, -0.1) is 10.2 Å².